The molecule has 1 N–H and O–H groups in total. The Balaban J connectivity index is -0.0000000941. The summed E-state index contributed by atoms with van der Waals surface area (Å²) in [5, 5.41) is 3.10. The third-order valence-electron chi connectivity index (χ3n) is 2.02. The van der Waals surface area contributed by atoms with Crippen LogP contribution in [0.25, 0.3) is 0 Å². The third-order valence-corrected chi connectivity index (χ3v) is 2.02. The van der Waals surface area contributed by atoms with E-state index in [0.29, 0.717) is 0 Å². The van der Waals surface area contributed by atoms with Crippen molar-refractivity contribution in [3.05, 3.63) is 0 Å². The van der Waals surface area contributed by atoms with Crippen molar-refractivity contribution in [2.45, 2.75) is 75.2 Å². The topological polar surface area (TPSA) is 21.3 Å². The van der Waals surface area contributed by atoms with Gasteiger partial charge in [0.05, 0.1) is 0 Å². The lowest BCUT2D eigenvalue weighted by Gasteiger charge is -2.02. The van der Waals surface area contributed by atoms with Crippen LogP contribution in [0.15, 0.2) is 0 Å². The zero-order valence-corrected chi connectivity index (χ0v) is 15.6. The van der Waals surface area contributed by atoms with E-state index in [-0.39, 0.29) is 0 Å². The molecule has 0 aromatic carbocycles. The maximum Gasteiger partial charge on any atom is 0.0468 e. The van der Waals surface area contributed by atoms with Gasteiger partial charge in [-0.25, -0.2) is 0 Å². The minimum Gasteiger partial charge on any atom is -0.382 e. The van der Waals surface area contributed by atoms with E-state index in [4.69, 9.17) is 4.74 Å². The van der Waals surface area contributed by atoms with Gasteiger partial charge in [-0.2, -0.15) is 0 Å². The van der Waals surface area contributed by atoms with Crippen molar-refractivity contribution < 1.29 is 4.74 Å². The molecule has 0 aliphatic rings. The molecule has 0 unspecified atom stereocenters. The third kappa shape index (κ3) is 57.1. The van der Waals surface area contributed by atoms with Crippen molar-refractivity contribution >= 4 is 0 Å². The van der Waals surface area contributed by atoms with Crippen LogP contribution >= 0.6 is 0 Å². The fourth-order valence-electron chi connectivity index (χ4n) is 0.896. The molecule has 0 saturated heterocycles. The molecule has 0 heterocycles. The van der Waals surface area contributed by atoms with Crippen LogP contribution in [0.4, 0.5) is 0 Å². The van der Waals surface area contributed by atoms with Crippen LogP contribution in [0.2, 0.25) is 0 Å². The molecule has 0 atom stereocenters. The minimum absolute atomic E-state index is 0.779. The number of rotatable bonds is 7. The second kappa shape index (κ2) is 30.7. The molecule has 122 valence electrons. The Morgan fingerprint density at radius 3 is 1.47 bits per heavy atom. The summed E-state index contributed by atoms with van der Waals surface area (Å²) in [5.74, 6) is 1.62. The summed E-state index contributed by atoms with van der Waals surface area (Å²) in [6.45, 7) is 21.8. The van der Waals surface area contributed by atoms with Crippen molar-refractivity contribution in [2.75, 3.05) is 26.8 Å². The second-order valence-electron chi connectivity index (χ2n) is 4.67. The molecule has 0 aliphatic heterocycles. The van der Waals surface area contributed by atoms with Gasteiger partial charge in [-0.1, -0.05) is 55.4 Å². The number of ether oxygens (including phenoxy) is 1. The van der Waals surface area contributed by atoms with E-state index < -0.39 is 0 Å². The lowest BCUT2D eigenvalue weighted by molar-refractivity contribution is 0.136. The maximum atomic E-state index is 5.14. The Hall–Kier alpha value is -0.0800. The van der Waals surface area contributed by atoms with Crippen LogP contribution in [0.3, 0.4) is 0 Å². The van der Waals surface area contributed by atoms with E-state index >= 15 is 0 Å². The molecule has 0 rings (SSSR count). The Labute approximate surface area is 124 Å². The molecule has 0 fully saturated rings. The van der Waals surface area contributed by atoms with E-state index in [1.54, 1.807) is 0 Å². The molecule has 0 aromatic rings. The van der Waals surface area contributed by atoms with E-state index in [9.17, 15) is 0 Å². The van der Waals surface area contributed by atoms with Crippen molar-refractivity contribution in [3.63, 3.8) is 0 Å². The van der Waals surface area contributed by atoms with E-state index in [2.05, 4.69) is 33.0 Å². The molecule has 0 saturated carbocycles. The summed E-state index contributed by atoms with van der Waals surface area (Å²) in [4.78, 5) is 0. The molecule has 0 spiro atoms. The Bertz CT molecular complexity index is 103. The zero-order valence-electron chi connectivity index (χ0n) is 15.6. The van der Waals surface area contributed by atoms with Gasteiger partial charge in [0.1, 0.15) is 0 Å². The number of hydrogen-bond donors (Lipinski definition) is 1. The molecule has 19 heavy (non-hydrogen) atoms. The minimum atomic E-state index is 0.779. The lowest BCUT2D eigenvalue weighted by Crippen LogP contribution is -2.09. The molecule has 0 bridgehead atoms. The highest BCUT2D eigenvalue weighted by atomic mass is 16.5. The maximum absolute atomic E-state index is 5.14. The Morgan fingerprint density at radius 2 is 1.26 bits per heavy atom. The largest absolute Gasteiger partial charge is 0.382 e. The summed E-state index contributed by atoms with van der Waals surface area (Å²) < 4.78 is 5.14. The monoisotopic (exact) mass is 277 g/mol. The van der Waals surface area contributed by atoms with Crippen molar-refractivity contribution in [2.24, 2.45) is 11.8 Å². The van der Waals surface area contributed by atoms with Gasteiger partial charge in [0.15, 0.2) is 0 Å². The molecular weight excluding hydrogens is 234 g/mol. The van der Waals surface area contributed by atoms with Gasteiger partial charge in [-0.05, 0) is 45.2 Å². The molecule has 0 radical (unpaired) electrons. The van der Waals surface area contributed by atoms with Crippen molar-refractivity contribution in [3.8, 4) is 0 Å². The van der Waals surface area contributed by atoms with Crippen LogP contribution < -0.4 is 5.32 Å². The molecule has 0 amide bonds. The van der Waals surface area contributed by atoms with Crippen molar-refractivity contribution in [1.82, 2.24) is 5.32 Å². The summed E-state index contributed by atoms with van der Waals surface area (Å²) >= 11 is 0. The van der Waals surface area contributed by atoms with Gasteiger partial charge in [0, 0.05) is 13.2 Å². The molecular formula is C17H43NO. The number of nitrogens with one attached hydrogen (secondary N) is 1. The first-order valence-corrected chi connectivity index (χ1v) is 8.26. The average Bonchev–Trinajstić information content (AvgIpc) is 2.41. The summed E-state index contributed by atoms with van der Waals surface area (Å²) in [6.07, 6.45) is 2.48. The van der Waals surface area contributed by atoms with Gasteiger partial charge in [-0.15, -0.1) is 0 Å². The number of hydrogen-bond acceptors (Lipinski definition) is 2. The first kappa shape index (κ1) is 27.3. The van der Waals surface area contributed by atoms with Gasteiger partial charge in [-0.3, -0.25) is 0 Å². The SMILES string of the molecule is CC.CC.CCOCCC(C)C.CNCCC(C)C. The van der Waals surface area contributed by atoms with Crippen LogP contribution in [0, 0.1) is 11.8 Å². The zero-order chi connectivity index (χ0) is 16.1. The highest BCUT2D eigenvalue weighted by Gasteiger charge is 1.90. The van der Waals surface area contributed by atoms with Crippen molar-refractivity contribution in [1.29, 1.82) is 0 Å². The lowest BCUT2D eigenvalue weighted by atomic mass is 10.1. The van der Waals surface area contributed by atoms with Crippen LogP contribution in [0.1, 0.15) is 75.2 Å². The van der Waals surface area contributed by atoms with E-state index in [1.807, 2.05) is 41.7 Å². The predicted octanol–water partition coefficient (Wildman–Crippen LogP) is 5.37. The van der Waals surface area contributed by atoms with E-state index in [1.165, 1.54) is 12.8 Å². The van der Waals surface area contributed by atoms with Gasteiger partial charge >= 0.3 is 0 Å². The first-order chi connectivity index (χ1) is 9.04. The first-order valence-electron chi connectivity index (χ1n) is 8.26. The van der Waals surface area contributed by atoms with Gasteiger partial charge in [0.25, 0.3) is 0 Å². The van der Waals surface area contributed by atoms with Gasteiger partial charge < -0.3 is 10.1 Å². The molecule has 0 aliphatic carbocycles. The quantitative estimate of drug-likeness (QED) is 0.631. The molecule has 2 nitrogen and oxygen atoms in total. The van der Waals surface area contributed by atoms with Crippen LogP contribution in [-0.4, -0.2) is 26.8 Å². The van der Waals surface area contributed by atoms with Gasteiger partial charge in [0.2, 0.25) is 0 Å². The van der Waals surface area contributed by atoms with Crippen LogP contribution in [0.5, 0.6) is 0 Å². The normalized spacial score (nSPS) is 8.84. The highest BCUT2D eigenvalue weighted by molar-refractivity contribution is 4.45. The summed E-state index contributed by atoms with van der Waals surface area (Å²) in [5.41, 5.74) is 0. The fraction of sp³-hybridized carbons (Fsp3) is 1.00. The summed E-state index contributed by atoms with van der Waals surface area (Å²) in [7, 11) is 1.99. The molecule has 2 heteroatoms. The average molecular weight is 278 g/mol. The molecule has 0 aromatic heterocycles. The Morgan fingerprint density at radius 1 is 0.842 bits per heavy atom. The second-order valence-corrected chi connectivity index (χ2v) is 4.67. The predicted molar refractivity (Wildman–Crippen MR) is 92.0 cm³/mol. The standard InChI is InChI=1S/C7H16O.C6H15N.2C2H6/c1-4-8-6-5-7(2)3;1-6(2)4-5-7-3;2*1-2/h7H,4-6H2,1-3H3;6-7H,4-5H2,1-3H3;2*1-2H3. The van der Waals surface area contributed by atoms with E-state index in [0.717, 1.165) is 31.6 Å². The highest BCUT2D eigenvalue weighted by Crippen LogP contribution is 1.97. The van der Waals surface area contributed by atoms with Crippen LogP contribution in [-0.2, 0) is 4.74 Å². The summed E-state index contributed by atoms with van der Waals surface area (Å²) in [6, 6.07) is 0. The fourth-order valence-corrected chi connectivity index (χ4v) is 0.896. The smallest absolute Gasteiger partial charge is 0.0468 e. The Kier molecular flexibility index (Phi) is 44.1.